The van der Waals surface area contributed by atoms with Gasteiger partial charge in [-0.05, 0) is 48.9 Å². The van der Waals surface area contributed by atoms with Gasteiger partial charge in [0.15, 0.2) is 5.03 Å². The SMILES string of the molecule is Cc1cnc(N2CC(Oc3ccc(C(F)(F)F)cc3)C2)c(C(=O)Nc2ccnc(S(N)(=O)=O)c2)c1. The summed E-state index contributed by atoms with van der Waals surface area (Å²) in [5, 5.41) is 7.33. The first-order valence-electron chi connectivity index (χ1n) is 10.3. The normalized spacial score (nSPS) is 14.4. The van der Waals surface area contributed by atoms with E-state index in [1.165, 1.54) is 24.4 Å². The number of aryl methyl sites for hydroxylation is 1. The number of amides is 1. The van der Waals surface area contributed by atoms with Crippen LogP contribution in [0.15, 0.2) is 59.9 Å². The van der Waals surface area contributed by atoms with Gasteiger partial charge in [-0.2, -0.15) is 13.2 Å². The number of hydrogen-bond donors (Lipinski definition) is 2. The number of hydrogen-bond acceptors (Lipinski definition) is 7. The zero-order valence-electron chi connectivity index (χ0n) is 18.3. The fourth-order valence-corrected chi connectivity index (χ4v) is 3.92. The number of alkyl halides is 3. The number of benzene rings is 1. The van der Waals surface area contributed by atoms with Gasteiger partial charge in [-0.15, -0.1) is 0 Å². The number of halogens is 3. The molecule has 0 atom stereocenters. The molecular weight excluding hydrogens is 487 g/mol. The van der Waals surface area contributed by atoms with E-state index in [0.29, 0.717) is 24.7 Å². The summed E-state index contributed by atoms with van der Waals surface area (Å²) in [5.74, 6) is 0.178. The van der Waals surface area contributed by atoms with Gasteiger partial charge in [0.25, 0.3) is 15.9 Å². The van der Waals surface area contributed by atoms with E-state index in [1.807, 2.05) is 0 Å². The Morgan fingerprint density at radius 3 is 2.46 bits per heavy atom. The summed E-state index contributed by atoms with van der Waals surface area (Å²) in [5.41, 5.74) is 0.419. The molecule has 1 aliphatic rings. The molecule has 3 heterocycles. The lowest BCUT2D eigenvalue weighted by molar-refractivity contribution is -0.137. The number of carbonyl (C=O) groups excluding carboxylic acids is 1. The number of nitrogens with one attached hydrogen (secondary N) is 1. The molecule has 0 spiro atoms. The van der Waals surface area contributed by atoms with Crippen LogP contribution < -0.4 is 20.1 Å². The molecule has 1 aliphatic heterocycles. The Bertz CT molecular complexity index is 1360. The third-order valence-corrected chi connectivity index (χ3v) is 5.97. The first-order valence-corrected chi connectivity index (χ1v) is 11.8. The second-order valence-electron chi connectivity index (χ2n) is 7.93. The number of rotatable bonds is 6. The number of aromatic nitrogens is 2. The van der Waals surface area contributed by atoms with Crippen molar-refractivity contribution in [3.8, 4) is 5.75 Å². The Morgan fingerprint density at radius 1 is 1.14 bits per heavy atom. The molecule has 1 amide bonds. The number of nitrogens with zero attached hydrogens (tertiary/aromatic N) is 3. The highest BCUT2D eigenvalue weighted by atomic mass is 32.2. The topological polar surface area (TPSA) is 128 Å². The van der Waals surface area contributed by atoms with Gasteiger partial charge in [-0.1, -0.05) is 0 Å². The highest BCUT2D eigenvalue weighted by Crippen LogP contribution is 2.31. The van der Waals surface area contributed by atoms with E-state index in [-0.39, 0.29) is 22.4 Å². The van der Waals surface area contributed by atoms with Crippen LogP contribution in [0.5, 0.6) is 5.75 Å². The molecule has 35 heavy (non-hydrogen) atoms. The van der Waals surface area contributed by atoms with Crippen LogP contribution in [-0.2, 0) is 16.2 Å². The average molecular weight is 507 g/mol. The molecule has 0 saturated carbocycles. The van der Waals surface area contributed by atoms with Crippen molar-refractivity contribution in [3.63, 3.8) is 0 Å². The first-order chi connectivity index (χ1) is 16.4. The standard InChI is InChI=1S/C22H20F3N5O4S/c1-13-8-18(21(31)29-15-6-7-27-19(9-15)35(26,32)33)20(28-10-13)30-11-17(12-30)34-16-4-2-14(3-5-16)22(23,24)25/h2-10,17H,11-12H2,1H3,(H2,26,32,33)(H,27,29,31). The lowest BCUT2D eigenvalue weighted by Gasteiger charge is -2.40. The van der Waals surface area contributed by atoms with Gasteiger partial charge in [0.05, 0.1) is 24.2 Å². The molecule has 2 aromatic heterocycles. The van der Waals surface area contributed by atoms with Crippen molar-refractivity contribution in [3.05, 3.63) is 71.5 Å². The van der Waals surface area contributed by atoms with Crippen LogP contribution in [0.4, 0.5) is 24.7 Å². The van der Waals surface area contributed by atoms with Gasteiger partial charge < -0.3 is 15.0 Å². The van der Waals surface area contributed by atoms with Crippen LogP contribution in [0.1, 0.15) is 21.5 Å². The summed E-state index contributed by atoms with van der Waals surface area (Å²) in [6.07, 6.45) is -1.91. The summed E-state index contributed by atoms with van der Waals surface area (Å²) in [7, 11) is -4.04. The Kier molecular flexibility index (Phi) is 6.38. The van der Waals surface area contributed by atoms with Crippen LogP contribution >= 0.6 is 0 Å². The van der Waals surface area contributed by atoms with Gasteiger partial charge in [0.2, 0.25) is 0 Å². The molecule has 9 nitrogen and oxygen atoms in total. The van der Waals surface area contributed by atoms with E-state index in [1.54, 1.807) is 24.1 Å². The molecule has 184 valence electrons. The van der Waals surface area contributed by atoms with Crippen molar-refractivity contribution in [1.29, 1.82) is 0 Å². The average Bonchev–Trinajstić information content (AvgIpc) is 2.75. The quantitative estimate of drug-likeness (QED) is 0.525. The van der Waals surface area contributed by atoms with Crippen LogP contribution in [0.25, 0.3) is 0 Å². The maximum absolute atomic E-state index is 13.0. The van der Waals surface area contributed by atoms with Crippen LogP contribution in [0.2, 0.25) is 0 Å². The number of primary sulfonamides is 1. The number of anilines is 2. The Hall–Kier alpha value is -3.71. The second kappa shape index (κ2) is 9.15. The monoisotopic (exact) mass is 507 g/mol. The van der Waals surface area contributed by atoms with E-state index in [9.17, 15) is 26.4 Å². The molecule has 3 N–H and O–H groups in total. The smallest absolute Gasteiger partial charge is 0.416 e. The van der Waals surface area contributed by atoms with Crippen molar-refractivity contribution < 1.29 is 31.1 Å². The molecule has 0 unspecified atom stereocenters. The molecule has 1 saturated heterocycles. The molecular formula is C22H20F3N5O4S. The third-order valence-electron chi connectivity index (χ3n) is 5.16. The van der Waals surface area contributed by atoms with Gasteiger partial charge in [-0.25, -0.2) is 23.5 Å². The summed E-state index contributed by atoms with van der Waals surface area (Å²) in [6, 6.07) is 8.65. The highest BCUT2D eigenvalue weighted by Gasteiger charge is 2.33. The van der Waals surface area contributed by atoms with Crippen LogP contribution in [0, 0.1) is 6.92 Å². The number of sulfonamides is 1. The van der Waals surface area contributed by atoms with Crippen molar-refractivity contribution in [2.75, 3.05) is 23.3 Å². The fourth-order valence-electron chi connectivity index (χ4n) is 3.42. The second-order valence-corrected chi connectivity index (χ2v) is 9.44. The minimum absolute atomic E-state index is 0.189. The third kappa shape index (κ3) is 5.69. The van der Waals surface area contributed by atoms with Gasteiger partial charge in [-0.3, -0.25) is 4.79 Å². The van der Waals surface area contributed by atoms with Crippen molar-refractivity contribution in [2.45, 2.75) is 24.2 Å². The molecule has 0 radical (unpaired) electrons. The predicted molar refractivity (Wildman–Crippen MR) is 121 cm³/mol. The lowest BCUT2D eigenvalue weighted by Crippen LogP contribution is -2.54. The van der Waals surface area contributed by atoms with Gasteiger partial charge >= 0.3 is 6.18 Å². The minimum atomic E-state index is -4.42. The number of ether oxygens (including phenoxy) is 1. The highest BCUT2D eigenvalue weighted by molar-refractivity contribution is 7.89. The van der Waals surface area contributed by atoms with E-state index in [2.05, 4.69) is 15.3 Å². The Morgan fingerprint density at radius 2 is 1.83 bits per heavy atom. The molecule has 1 fully saturated rings. The molecule has 0 bridgehead atoms. The summed E-state index contributed by atoms with van der Waals surface area (Å²) in [4.78, 5) is 22.8. The largest absolute Gasteiger partial charge is 0.487 e. The lowest BCUT2D eigenvalue weighted by atomic mass is 10.1. The van der Waals surface area contributed by atoms with Crippen LogP contribution in [0.3, 0.4) is 0 Å². The van der Waals surface area contributed by atoms with Gasteiger partial charge in [0.1, 0.15) is 17.7 Å². The molecule has 4 rings (SSSR count). The summed E-state index contributed by atoms with van der Waals surface area (Å²) >= 11 is 0. The van der Waals surface area contributed by atoms with E-state index < -0.39 is 27.7 Å². The van der Waals surface area contributed by atoms with E-state index in [4.69, 9.17) is 9.88 Å². The molecule has 13 heteroatoms. The fraction of sp³-hybridized carbons (Fsp3) is 0.227. The predicted octanol–water partition coefficient (Wildman–Crippen LogP) is 2.97. The number of nitrogens with two attached hydrogens (primary N) is 1. The zero-order valence-corrected chi connectivity index (χ0v) is 19.1. The maximum Gasteiger partial charge on any atom is 0.416 e. The zero-order chi connectivity index (χ0) is 25.4. The number of carbonyl (C=O) groups is 1. The first kappa shape index (κ1) is 24.4. The van der Waals surface area contributed by atoms with Gasteiger partial charge in [0, 0.05) is 24.1 Å². The summed E-state index contributed by atoms with van der Waals surface area (Å²) in [6.45, 7) is 2.50. The minimum Gasteiger partial charge on any atom is -0.487 e. The Balaban J connectivity index is 1.45. The van der Waals surface area contributed by atoms with E-state index >= 15 is 0 Å². The van der Waals surface area contributed by atoms with Crippen LogP contribution in [-0.4, -0.2) is 43.5 Å². The number of pyridine rings is 2. The van der Waals surface area contributed by atoms with E-state index in [0.717, 1.165) is 23.8 Å². The Labute approximate surface area is 198 Å². The molecule has 1 aromatic carbocycles. The summed E-state index contributed by atoms with van der Waals surface area (Å²) < 4.78 is 66.9. The van der Waals surface area contributed by atoms with Crippen molar-refractivity contribution in [2.24, 2.45) is 5.14 Å². The molecule has 0 aliphatic carbocycles. The molecule has 3 aromatic rings. The van der Waals surface area contributed by atoms with Crippen molar-refractivity contribution >= 4 is 27.4 Å². The maximum atomic E-state index is 13.0. The van der Waals surface area contributed by atoms with Crippen molar-refractivity contribution in [1.82, 2.24) is 9.97 Å².